The van der Waals surface area contributed by atoms with Crippen LogP contribution in [0.5, 0.6) is 11.5 Å². The zero-order chi connectivity index (χ0) is 26.9. The molecule has 0 aliphatic carbocycles. The van der Waals surface area contributed by atoms with Crippen molar-refractivity contribution in [3.63, 3.8) is 0 Å². The lowest BCUT2D eigenvalue weighted by atomic mass is 9.95. The lowest BCUT2D eigenvalue weighted by molar-refractivity contribution is 0.0735. The normalized spacial score (nSPS) is 11.6. The van der Waals surface area contributed by atoms with E-state index >= 15 is 0 Å². The Bertz CT molecular complexity index is 1360. The highest BCUT2D eigenvalue weighted by atomic mass is 19.1. The Balaban J connectivity index is 1.44. The summed E-state index contributed by atoms with van der Waals surface area (Å²) in [5.41, 5.74) is 5.41. The number of halogens is 1. The van der Waals surface area contributed by atoms with E-state index in [1.165, 1.54) is 12.1 Å². The number of rotatable bonds is 11. The Kier molecular flexibility index (Phi) is 9.10. The van der Waals surface area contributed by atoms with Crippen molar-refractivity contribution < 1.29 is 18.7 Å². The standard InChI is InChI=1S/C34H33FO3/c1-4-6-7-22-37-33-21-16-29(23-32(33)24(3)5-2)27-8-10-28(11-9-27)34(36)38-31-19-14-26(15-20-31)25-12-17-30(35)18-13-25/h5,8-21,23-24H,2,4,6-7,22H2,1,3H3. The third kappa shape index (κ3) is 6.77. The highest BCUT2D eigenvalue weighted by Gasteiger charge is 2.13. The van der Waals surface area contributed by atoms with Gasteiger partial charge >= 0.3 is 5.97 Å². The van der Waals surface area contributed by atoms with Crippen LogP contribution in [0.3, 0.4) is 0 Å². The summed E-state index contributed by atoms with van der Waals surface area (Å²) in [4.78, 5) is 12.7. The van der Waals surface area contributed by atoms with Crippen LogP contribution in [0.1, 0.15) is 54.9 Å². The van der Waals surface area contributed by atoms with E-state index in [4.69, 9.17) is 9.47 Å². The van der Waals surface area contributed by atoms with Crippen molar-refractivity contribution in [1.82, 2.24) is 0 Å². The molecule has 4 aromatic carbocycles. The predicted molar refractivity (Wildman–Crippen MR) is 152 cm³/mol. The van der Waals surface area contributed by atoms with Crippen molar-refractivity contribution in [2.24, 2.45) is 0 Å². The number of unbranched alkanes of at least 4 members (excludes halogenated alkanes) is 2. The van der Waals surface area contributed by atoms with E-state index in [9.17, 15) is 9.18 Å². The van der Waals surface area contributed by atoms with Crippen molar-refractivity contribution in [2.45, 2.75) is 39.0 Å². The average Bonchev–Trinajstić information content (AvgIpc) is 2.96. The molecule has 0 saturated heterocycles. The molecular weight excluding hydrogens is 475 g/mol. The van der Waals surface area contributed by atoms with Gasteiger partial charge in [-0.1, -0.05) is 75.2 Å². The minimum atomic E-state index is -0.428. The van der Waals surface area contributed by atoms with Crippen LogP contribution < -0.4 is 9.47 Å². The molecule has 38 heavy (non-hydrogen) atoms. The van der Waals surface area contributed by atoms with Crippen LogP contribution in [0.15, 0.2) is 104 Å². The highest BCUT2D eigenvalue weighted by molar-refractivity contribution is 5.91. The number of carbonyl (C=O) groups is 1. The van der Waals surface area contributed by atoms with Crippen LogP contribution in [0.25, 0.3) is 22.3 Å². The van der Waals surface area contributed by atoms with Gasteiger partial charge in [0.15, 0.2) is 0 Å². The SMILES string of the molecule is C=CC(C)c1cc(-c2ccc(C(=O)Oc3ccc(-c4ccc(F)cc4)cc3)cc2)ccc1OCCCCC. The molecule has 0 amide bonds. The molecule has 1 atom stereocenters. The highest BCUT2D eigenvalue weighted by Crippen LogP contribution is 2.33. The number of hydrogen-bond donors (Lipinski definition) is 0. The second-order valence-corrected chi connectivity index (χ2v) is 9.33. The zero-order valence-corrected chi connectivity index (χ0v) is 22.0. The third-order valence-corrected chi connectivity index (χ3v) is 6.56. The van der Waals surface area contributed by atoms with Gasteiger partial charge in [0, 0.05) is 11.5 Å². The Hall–Kier alpha value is -4.18. The molecule has 0 bridgehead atoms. The van der Waals surface area contributed by atoms with Gasteiger partial charge in [-0.25, -0.2) is 9.18 Å². The van der Waals surface area contributed by atoms with E-state index in [-0.39, 0.29) is 11.7 Å². The number of benzene rings is 4. The molecule has 0 N–H and O–H groups in total. The lowest BCUT2D eigenvalue weighted by Gasteiger charge is -2.16. The second kappa shape index (κ2) is 12.9. The number of allylic oxidation sites excluding steroid dienone is 1. The molecular formula is C34H33FO3. The molecule has 0 aromatic heterocycles. The van der Waals surface area contributed by atoms with Gasteiger partial charge in [0.05, 0.1) is 12.2 Å². The molecule has 0 aliphatic heterocycles. The monoisotopic (exact) mass is 508 g/mol. The van der Waals surface area contributed by atoms with Crippen molar-refractivity contribution in [2.75, 3.05) is 6.61 Å². The number of esters is 1. The maximum atomic E-state index is 13.2. The lowest BCUT2D eigenvalue weighted by Crippen LogP contribution is -2.08. The molecule has 0 saturated carbocycles. The minimum Gasteiger partial charge on any atom is -0.493 e. The van der Waals surface area contributed by atoms with E-state index in [1.807, 2.05) is 42.5 Å². The van der Waals surface area contributed by atoms with Crippen LogP contribution >= 0.6 is 0 Å². The van der Waals surface area contributed by atoms with Gasteiger partial charge in [0.2, 0.25) is 0 Å². The van der Waals surface area contributed by atoms with E-state index in [1.54, 1.807) is 36.4 Å². The topological polar surface area (TPSA) is 35.5 Å². The molecule has 4 heteroatoms. The molecule has 4 rings (SSSR count). The predicted octanol–water partition coefficient (Wildman–Crippen LogP) is 9.24. The zero-order valence-electron chi connectivity index (χ0n) is 22.0. The first-order valence-corrected chi connectivity index (χ1v) is 13.1. The summed E-state index contributed by atoms with van der Waals surface area (Å²) >= 11 is 0. The number of hydrogen-bond acceptors (Lipinski definition) is 3. The third-order valence-electron chi connectivity index (χ3n) is 6.56. The summed E-state index contributed by atoms with van der Waals surface area (Å²) in [6, 6.07) is 27.0. The molecule has 0 spiro atoms. The van der Waals surface area contributed by atoms with Crippen LogP contribution in [0.4, 0.5) is 4.39 Å². The second-order valence-electron chi connectivity index (χ2n) is 9.33. The fraction of sp³-hybridized carbons (Fsp3) is 0.206. The van der Waals surface area contributed by atoms with Crippen LogP contribution in [-0.2, 0) is 0 Å². The quantitative estimate of drug-likeness (QED) is 0.0876. The maximum Gasteiger partial charge on any atom is 0.343 e. The first-order valence-electron chi connectivity index (χ1n) is 13.1. The van der Waals surface area contributed by atoms with E-state index in [2.05, 4.69) is 26.5 Å². The Morgan fingerprint density at radius 2 is 1.42 bits per heavy atom. The van der Waals surface area contributed by atoms with Crippen LogP contribution in [0, 0.1) is 5.82 Å². The summed E-state index contributed by atoms with van der Waals surface area (Å²) in [6.45, 7) is 8.95. The smallest absolute Gasteiger partial charge is 0.343 e. The van der Waals surface area contributed by atoms with Gasteiger partial charge < -0.3 is 9.47 Å². The largest absolute Gasteiger partial charge is 0.493 e. The van der Waals surface area contributed by atoms with Gasteiger partial charge in [-0.3, -0.25) is 0 Å². The van der Waals surface area contributed by atoms with E-state index in [0.717, 1.165) is 52.8 Å². The number of carbonyl (C=O) groups excluding carboxylic acids is 1. The van der Waals surface area contributed by atoms with Gasteiger partial charge in [-0.2, -0.15) is 0 Å². The molecule has 0 fully saturated rings. The van der Waals surface area contributed by atoms with Gasteiger partial charge in [-0.15, -0.1) is 6.58 Å². The van der Waals surface area contributed by atoms with Crippen molar-refractivity contribution >= 4 is 5.97 Å². The molecule has 4 aromatic rings. The Labute approximate surface area is 224 Å². The summed E-state index contributed by atoms with van der Waals surface area (Å²) in [6.07, 6.45) is 5.27. The van der Waals surface area contributed by atoms with E-state index in [0.29, 0.717) is 17.9 Å². The molecule has 3 nitrogen and oxygen atoms in total. The first-order chi connectivity index (χ1) is 18.5. The Morgan fingerprint density at radius 1 is 0.842 bits per heavy atom. The molecule has 0 heterocycles. The average molecular weight is 509 g/mol. The maximum absolute atomic E-state index is 13.2. The summed E-state index contributed by atoms with van der Waals surface area (Å²) in [5, 5.41) is 0. The molecule has 194 valence electrons. The van der Waals surface area contributed by atoms with E-state index < -0.39 is 5.97 Å². The van der Waals surface area contributed by atoms with Gasteiger partial charge in [0.25, 0.3) is 0 Å². The van der Waals surface area contributed by atoms with Crippen molar-refractivity contribution in [3.05, 3.63) is 121 Å². The Morgan fingerprint density at radius 3 is 2.05 bits per heavy atom. The van der Waals surface area contributed by atoms with Gasteiger partial charge in [-0.05, 0) is 77.2 Å². The van der Waals surface area contributed by atoms with Gasteiger partial charge in [0.1, 0.15) is 17.3 Å². The van der Waals surface area contributed by atoms with Crippen LogP contribution in [-0.4, -0.2) is 12.6 Å². The minimum absolute atomic E-state index is 0.153. The summed E-state index contributed by atoms with van der Waals surface area (Å²) < 4.78 is 24.8. The van der Waals surface area contributed by atoms with Crippen molar-refractivity contribution in [3.8, 4) is 33.8 Å². The first kappa shape index (κ1) is 26.9. The van der Waals surface area contributed by atoms with Crippen molar-refractivity contribution in [1.29, 1.82) is 0 Å². The summed E-state index contributed by atoms with van der Waals surface area (Å²) in [7, 11) is 0. The fourth-order valence-electron chi connectivity index (χ4n) is 4.20. The van der Waals surface area contributed by atoms with Crippen LogP contribution in [0.2, 0.25) is 0 Å². The number of ether oxygens (including phenoxy) is 2. The summed E-state index contributed by atoms with van der Waals surface area (Å²) in [5.74, 6) is 0.786. The molecule has 1 unspecified atom stereocenters. The fourth-order valence-corrected chi connectivity index (χ4v) is 4.20. The molecule has 0 radical (unpaired) electrons. The molecule has 0 aliphatic rings.